The number of hydrogen-bond acceptors (Lipinski definition) is 4. The number of nitriles is 1. The molecular weight excluding hydrogens is 414 g/mol. The number of H-pyrrole nitrogens is 1. The number of hydrogen-bond donors (Lipinski definition) is 3. The summed E-state index contributed by atoms with van der Waals surface area (Å²) in [6.07, 6.45) is 4.40. The molecule has 1 heterocycles. The third-order valence-electron chi connectivity index (χ3n) is 5.94. The number of carbonyl (C=O) groups is 2. The zero-order valence-electron chi connectivity index (χ0n) is 18.6. The number of amides is 2. The Morgan fingerprint density at radius 1 is 1.06 bits per heavy atom. The Balaban J connectivity index is 1.45. The molecule has 3 N–H and O–H groups in total. The molecule has 0 bridgehead atoms. The van der Waals surface area contributed by atoms with Crippen molar-refractivity contribution in [1.82, 2.24) is 20.6 Å². The molecule has 0 radical (unpaired) electrons. The molecule has 2 amide bonds. The number of carbonyl (C=O) groups excluding carboxylic acids is 2. The molecule has 7 heteroatoms. The summed E-state index contributed by atoms with van der Waals surface area (Å²) in [6.45, 7) is 1.88. The van der Waals surface area contributed by atoms with Gasteiger partial charge in [-0.1, -0.05) is 30.3 Å². The molecule has 4 rings (SSSR count). The average molecular weight is 442 g/mol. The van der Waals surface area contributed by atoms with E-state index in [0.717, 1.165) is 42.6 Å². The number of aromatic amines is 1. The molecule has 168 valence electrons. The highest BCUT2D eigenvalue weighted by atomic mass is 16.2. The molecule has 0 saturated carbocycles. The van der Waals surface area contributed by atoms with E-state index in [1.165, 1.54) is 0 Å². The van der Waals surface area contributed by atoms with Crippen molar-refractivity contribution in [2.45, 2.75) is 51.1 Å². The lowest BCUT2D eigenvalue weighted by Gasteiger charge is -2.26. The van der Waals surface area contributed by atoms with Crippen LogP contribution in [0.2, 0.25) is 0 Å². The van der Waals surface area contributed by atoms with Crippen LogP contribution in [0.1, 0.15) is 64.5 Å². The van der Waals surface area contributed by atoms with E-state index in [2.05, 4.69) is 20.6 Å². The first kappa shape index (κ1) is 22.3. The highest BCUT2D eigenvalue weighted by Gasteiger charge is 2.24. The fourth-order valence-corrected chi connectivity index (χ4v) is 4.21. The van der Waals surface area contributed by atoms with Gasteiger partial charge in [0.2, 0.25) is 5.91 Å². The number of nitrogens with one attached hydrogen (secondary N) is 3. The molecule has 3 aromatic rings. The third kappa shape index (κ3) is 5.47. The van der Waals surface area contributed by atoms with Crippen molar-refractivity contribution < 1.29 is 9.59 Å². The quantitative estimate of drug-likeness (QED) is 0.522. The van der Waals surface area contributed by atoms with E-state index in [-0.39, 0.29) is 24.3 Å². The normalized spacial score (nSPS) is 14.4. The lowest BCUT2D eigenvalue weighted by atomic mass is 9.99. The van der Waals surface area contributed by atoms with Crippen LogP contribution in [-0.4, -0.2) is 27.8 Å². The minimum atomic E-state index is -0.428. The smallest absolute Gasteiger partial charge is 0.251 e. The number of imidazole rings is 1. The van der Waals surface area contributed by atoms with E-state index in [4.69, 9.17) is 5.26 Å². The summed E-state index contributed by atoms with van der Waals surface area (Å²) >= 11 is 0. The molecule has 1 aromatic heterocycles. The minimum absolute atomic E-state index is 0.151. The summed E-state index contributed by atoms with van der Waals surface area (Å²) in [4.78, 5) is 33.6. The summed E-state index contributed by atoms with van der Waals surface area (Å²) in [6, 6.07) is 17.3. The van der Waals surface area contributed by atoms with E-state index >= 15 is 0 Å². The van der Waals surface area contributed by atoms with Crippen molar-refractivity contribution in [3.63, 3.8) is 0 Å². The molecule has 1 aliphatic rings. The van der Waals surface area contributed by atoms with E-state index in [0.29, 0.717) is 17.0 Å². The maximum absolute atomic E-state index is 12.9. The van der Waals surface area contributed by atoms with Crippen LogP contribution in [0, 0.1) is 11.3 Å². The van der Waals surface area contributed by atoms with Gasteiger partial charge in [-0.05, 0) is 62.4 Å². The number of fused-ring (bicyclic) bond motifs is 1. The fraction of sp³-hybridized carbons (Fsp3) is 0.308. The summed E-state index contributed by atoms with van der Waals surface area (Å²) in [5.74, 6) is 0.264. The van der Waals surface area contributed by atoms with Crippen molar-refractivity contribution in [1.29, 1.82) is 5.26 Å². The molecule has 1 aliphatic carbocycles. The van der Waals surface area contributed by atoms with Crippen LogP contribution in [-0.2, 0) is 24.1 Å². The van der Waals surface area contributed by atoms with Gasteiger partial charge in [0, 0.05) is 11.3 Å². The Bertz CT molecular complexity index is 1140. The molecule has 33 heavy (non-hydrogen) atoms. The van der Waals surface area contributed by atoms with Crippen molar-refractivity contribution in [2.75, 3.05) is 0 Å². The van der Waals surface area contributed by atoms with Crippen LogP contribution in [0.4, 0.5) is 0 Å². The van der Waals surface area contributed by atoms with Gasteiger partial charge in [-0.3, -0.25) is 9.59 Å². The molecule has 2 unspecified atom stereocenters. The van der Waals surface area contributed by atoms with Crippen molar-refractivity contribution in [3.8, 4) is 6.07 Å². The Labute approximate surface area is 193 Å². The maximum atomic E-state index is 12.9. The van der Waals surface area contributed by atoms with Crippen LogP contribution in [0.3, 0.4) is 0 Å². The largest absolute Gasteiger partial charge is 0.351 e. The highest BCUT2D eigenvalue weighted by Crippen LogP contribution is 2.20. The molecular formula is C26H27N5O2. The van der Waals surface area contributed by atoms with Crippen molar-refractivity contribution >= 4 is 11.8 Å². The topological polar surface area (TPSA) is 111 Å². The Kier molecular flexibility index (Phi) is 6.84. The summed E-state index contributed by atoms with van der Waals surface area (Å²) < 4.78 is 0. The van der Waals surface area contributed by atoms with Crippen LogP contribution in [0.5, 0.6) is 0 Å². The first-order chi connectivity index (χ1) is 16.0. The first-order valence-electron chi connectivity index (χ1n) is 11.3. The second kappa shape index (κ2) is 10.1. The fourth-order valence-electron chi connectivity index (χ4n) is 4.21. The predicted octanol–water partition coefficient (Wildman–Crippen LogP) is 3.38. The zero-order chi connectivity index (χ0) is 23.2. The number of aromatic nitrogens is 2. The van der Waals surface area contributed by atoms with Crippen LogP contribution >= 0.6 is 0 Å². The van der Waals surface area contributed by atoms with E-state index in [1.54, 1.807) is 24.3 Å². The highest BCUT2D eigenvalue weighted by molar-refractivity contribution is 5.94. The molecule has 0 aliphatic heterocycles. The second-order valence-electron chi connectivity index (χ2n) is 8.40. The minimum Gasteiger partial charge on any atom is -0.351 e. The average Bonchev–Trinajstić information content (AvgIpc) is 3.25. The number of rotatable bonds is 7. The van der Waals surface area contributed by atoms with E-state index in [9.17, 15) is 9.59 Å². The second-order valence-corrected chi connectivity index (χ2v) is 8.40. The summed E-state index contributed by atoms with van der Waals surface area (Å²) in [5, 5.41) is 15.0. The Morgan fingerprint density at radius 3 is 2.48 bits per heavy atom. The lowest BCUT2D eigenvalue weighted by Crippen LogP contribution is -2.45. The van der Waals surface area contributed by atoms with Gasteiger partial charge in [-0.2, -0.15) is 5.26 Å². The van der Waals surface area contributed by atoms with Gasteiger partial charge >= 0.3 is 0 Å². The number of aryl methyl sites for hydroxylation is 2. The van der Waals surface area contributed by atoms with Gasteiger partial charge in [0.1, 0.15) is 5.82 Å². The number of nitrogens with zero attached hydrogens (tertiary/aromatic N) is 2. The lowest BCUT2D eigenvalue weighted by molar-refractivity contribution is -0.121. The van der Waals surface area contributed by atoms with Gasteiger partial charge in [-0.25, -0.2) is 4.98 Å². The zero-order valence-corrected chi connectivity index (χ0v) is 18.6. The predicted molar refractivity (Wildman–Crippen MR) is 124 cm³/mol. The van der Waals surface area contributed by atoms with E-state index < -0.39 is 6.04 Å². The van der Waals surface area contributed by atoms with Crippen LogP contribution in [0.15, 0.2) is 54.6 Å². The SMILES string of the molecule is CC(NC(=O)Cc1nc2c([nH]1)CCCC2)C(NC(=O)c1ccc(C#N)cc1)c1ccccc1. The third-order valence-corrected chi connectivity index (χ3v) is 5.94. The van der Waals surface area contributed by atoms with Gasteiger partial charge in [0.15, 0.2) is 0 Å². The van der Waals surface area contributed by atoms with Crippen LogP contribution in [0.25, 0.3) is 0 Å². The standard InChI is InChI=1S/C26H27N5O2/c1-17(28-24(32)15-23-29-21-9-5-6-10-22(21)30-23)25(19-7-3-2-4-8-19)31-26(33)20-13-11-18(16-27)12-14-20/h2-4,7-8,11-14,17,25H,5-6,9-10,15H2,1H3,(H,28,32)(H,29,30)(H,31,33). The summed E-state index contributed by atoms with van der Waals surface area (Å²) in [5.41, 5.74) is 4.06. The van der Waals surface area contributed by atoms with Crippen molar-refractivity contribution in [2.24, 2.45) is 0 Å². The van der Waals surface area contributed by atoms with Crippen molar-refractivity contribution in [3.05, 3.63) is 88.5 Å². The summed E-state index contributed by atoms with van der Waals surface area (Å²) in [7, 11) is 0. The van der Waals surface area contributed by atoms with Gasteiger partial charge in [-0.15, -0.1) is 0 Å². The first-order valence-corrected chi connectivity index (χ1v) is 11.3. The monoisotopic (exact) mass is 441 g/mol. The molecule has 2 aromatic carbocycles. The molecule has 0 spiro atoms. The molecule has 2 atom stereocenters. The Hall–Kier alpha value is -3.92. The molecule has 7 nitrogen and oxygen atoms in total. The number of benzene rings is 2. The molecule has 0 fully saturated rings. The molecule has 0 saturated heterocycles. The van der Waals surface area contributed by atoms with E-state index in [1.807, 2.05) is 43.3 Å². The van der Waals surface area contributed by atoms with Gasteiger partial charge in [0.25, 0.3) is 5.91 Å². The van der Waals surface area contributed by atoms with Gasteiger partial charge in [0.05, 0.1) is 35.8 Å². The van der Waals surface area contributed by atoms with Gasteiger partial charge < -0.3 is 15.6 Å². The maximum Gasteiger partial charge on any atom is 0.251 e. The Morgan fingerprint density at radius 2 is 1.79 bits per heavy atom. The van der Waals surface area contributed by atoms with Crippen LogP contribution < -0.4 is 10.6 Å².